The van der Waals surface area contributed by atoms with E-state index in [1.54, 1.807) is 0 Å². The zero-order valence-electron chi connectivity index (χ0n) is 8.64. The Morgan fingerprint density at radius 2 is 1.67 bits per heavy atom. The molecule has 1 fully saturated rings. The highest BCUT2D eigenvalue weighted by Gasteiger charge is 2.28. The zero-order valence-corrected chi connectivity index (χ0v) is 8.64. The van der Waals surface area contributed by atoms with Crippen LogP contribution in [0.5, 0.6) is 0 Å². The van der Waals surface area contributed by atoms with Gasteiger partial charge in [0.2, 0.25) is 0 Å². The molecular formula is C11H22O. The van der Waals surface area contributed by atoms with E-state index in [-0.39, 0.29) is 6.10 Å². The maximum atomic E-state index is 9.62. The molecule has 0 unspecified atom stereocenters. The molecule has 0 saturated heterocycles. The molecule has 1 saturated carbocycles. The maximum Gasteiger partial charge on any atom is 0.0543 e. The first-order valence-corrected chi connectivity index (χ1v) is 5.18. The van der Waals surface area contributed by atoms with Gasteiger partial charge in [-0.05, 0) is 30.6 Å². The Balaban J connectivity index is 2.52. The summed E-state index contributed by atoms with van der Waals surface area (Å²) in [6, 6.07) is 0. The van der Waals surface area contributed by atoms with Crippen LogP contribution in [0, 0.1) is 11.3 Å². The fourth-order valence-corrected chi connectivity index (χ4v) is 2.12. The van der Waals surface area contributed by atoms with Crippen LogP contribution >= 0.6 is 0 Å². The largest absolute Gasteiger partial charge is 0.393 e. The number of aliphatic hydroxyl groups is 1. The third-order valence-corrected chi connectivity index (χ3v) is 3.12. The molecule has 1 heteroatoms. The van der Waals surface area contributed by atoms with E-state index in [9.17, 15) is 5.11 Å². The maximum absolute atomic E-state index is 9.62. The van der Waals surface area contributed by atoms with E-state index in [0.717, 1.165) is 18.8 Å². The molecule has 0 aromatic heterocycles. The van der Waals surface area contributed by atoms with Crippen LogP contribution in [-0.2, 0) is 0 Å². The Morgan fingerprint density at radius 1 is 1.08 bits per heavy atom. The van der Waals surface area contributed by atoms with Crippen molar-refractivity contribution >= 4 is 0 Å². The van der Waals surface area contributed by atoms with E-state index in [1.807, 2.05) is 0 Å². The predicted octanol–water partition coefficient (Wildman–Crippen LogP) is 2.97. The molecule has 0 aromatic carbocycles. The van der Waals surface area contributed by atoms with Crippen LogP contribution in [0.25, 0.3) is 0 Å². The standard InChI is InChI=1S/C11H22O/c1-11(2,3)9-6-4-5-7-10(12)8-9/h9-10,12H,4-8H2,1-3H3/t9-,10-/m1/s1. The summed E-state index contributed by atoms with van der Waals surface area (Å²) in [7, 11) is 0. The summed E-state index contributed by atoms with van der Waals surface area (Å²) < 4.78 is 0. The molecule has 12 heavy (non-hydrogen) atoms. The molecule has 0 aliphatic heterocycles. The normalized spacial score (nSPS) is 33.0. The minimum Gasteiger partial charge on any atom is -0.393 e. The van der Waals surface area contributed by atoms with Gasteiger partial charge in [-0.2, -0.15) is 0 Å². The molecule has 0 spiro atoms. The highest BCUT2D eigenvalue weighted by Crippen LogP contribution is 2.36. The second kappa shape index (κ2) is 3.78. The Labute approximate surface area is 76.2 Å². The van der Waals surface area contributed by atoms with Gasteiger partial charge in [0.05, 0.1) is 6.10 Å². The Kier molecular flexibility index (Phi) is 3.16. The molecule has 0 heterocycles. The SMILES string of the molecule is CC(C)(C)[C@@H]1CCCC[C@@H](O)C1. The summed E-state index contributed by atoms with van der Waals surface area (Å²) in [5.74, 6) is 0.718. The molecule has 72 valence electrons. The van der Waals surface area contributed by atoms with Crippen molar-refractivity contribution in [3.63, 3.8) is 0 Å². The lowest BCUT2D eigenvalue weighted by atomic mass is 9.76. The van der Waals surface area contributed by atoms with Crippen molar-refractivity contribution in [1.29, 1.82) is 0 Å². The summed E-state index contributed by atoms with van der Waals surface area (Å²) >= 11 is 0. The van der Waals surface area contributed by atoms with E-state index >= 15 is 0 Å². The van der Waals surface area contributed by atoms with E-state index < -0.39 is 0 Å². The summed E-state index contributed by atoms with van der Waals surface area (Å²) in [6.07, 6.45) is 5.83. The van der Waals surface area contributed by atoms with Crippen LogP contribution in [0.2, 0.25) is 0 Å². The van der Waals surface area contributed by atoms with Crippen molar-refractivity contribution in [2.75, 3.05) is 0 Å². The van der Waals surface area contributed by atoms with Gasteiger partial charge in [-0.1, -0.05) is 33.6 Å². The van der Waals surface area contributed by atoms with E-state index in [4.69, 9.17) is 0 Å². The van der Waals surface area contributed by atoms with E-state index in [0.29, 0.717) is 5.41 Å². The molecule has 1 rings (SSSR count). The van der Waals surface area contributed by atoms with Crippen molar-refractivity contribution in [3.8, 4) is 0 Å². The third kappa shape index (κ3) is 2.78. The average Bonchev–Trinajstić information content (AvgIpc) is 2.11. The lowest BCUT2D eigenvalue weighted by Gasteiger charge is -2.30. The summed E-state index contributed by atoms with van der Waals surface area (Å²) in [5.41, 5.74) is 0.380. The first kappa shape index (κ1) is 10.0. The Hall–Kier alpha value is -0.0400. The first-order chi connectivity index (χ1) is 5.50. The Bertz CT molecular complexity index is 134. The van der Waals surface area contributed by atoms with Gasteiger partial charge in [0.15, 0.2) is 0 Å². The van der Waals surface area contributed by atoms with E-state index in [2.05, 4.69) is 20.8 Å². The second-order valence-electron chi connectivity index (χ2n) is 5.24. The number of aliphatic hydroxyl groups excluding tert-OH is 1. The molecule has 1 aliphatic carbocycles. The van der Waals surface area contributed by atoms with Gasteiger partial charge in [-0.15, -0.1) is 0 Å². The molecule has 0 radical (unpaired) electrons. The van der Waals surface area contributed by atoms with Gasteiger partial charge in [-0.25, -0.2) is 0 Å². The molecule has 2 atom stereocenters. The quantitative estimate of drug-likeness (QED) is 0.554. The molecule has 1 aliphatic rings. The average molecular weight is 170 g/mol. The highest BCUT2D eigenvalue weighted by molar-refractivity contribution is 4.79. The molecule has 0 bridgehead atoms. The van der Waals surface area contributed by atoms with Crippen LogP contribution in [0.15, 0.2) is 0 Å². The predicted molar refractivity (Wildman–Crippen MR) is 52.0 cm³/mol. The fourth-order valence-electron chi connectivity index (χ4n) is 2.12. The van der Waals surface area contributed by atoms with Gasteiger partial charge in [-0.3, -0.25) is 0 Å². The lowest BCUT2D eigenvalue weighted by molar-refractivity contribution is 0.105. The van der Waals surface area contributed by atoms with Crippen LogP contribution in [-0.4, -0.2) is 11.2 Å². The van der Waals surface area contributed by atoms with Crippen molar-refractivity contribution in [1.82, 2.24) is 0 Å². The third-order valence-electron chi connectivity index (χ3n) is 3.12. The molecule has 1 nitrogen and oxygen atoms in total. The summed E-state index contributed by atoms with van der Waals surface area (Å²) in [6.45, 7) is 6.86. The van der Waals surface area contributed by atoms with Crippen LogP contribution < -0.4 is 0 Å². The molecule has 0 amide bonds. The van der Waals surface area contributed by atoms with Crippen molar-refractivity contribution in [2.24, 2.45) is 11.3 Å². The van der Waals surface area contributed by atoms with Gasteiger partial charge in [0, 0.05) is 0 Å². The van der Waals surface area contributed by atoms with Crippen molar-refractivity contribution in [2.45, 2.75) is 59.0 Å². The van der Waals surface area contributed by atoms with Gasteiger partial charge in [0.25, 0.3) is 0 Å². The zero-order chi connectivity index (χ0) is 9.19. The minimum atomic E-state index is -0.0308. The molecular weight excluding hydrogens is 148 g/mol. The highest BCUT2D eigenvalue weighted by atomic mass is 16.3. The molecule has 1 N–H and O–H groups in total. The monoisotopic (exact) mass is 170 g/mol. The second-order valence-corrected chi connectivity index (χ2v) is 5.24. The summed E-state index contributed by atoms with van der Waals surface area (Å²) in [4.78, 5) is 0. The van der Waals surface area contributed by atoms with Crippen LogP contribution in [0.3, 0.4) is 0 Å². The minimum absolute atomic E-state index is 0.0308. The number of hydrogen-bond acceptors (Lipinski definition) is 1. The van der Waals surface area contributed by atoms with Gasteiger partial charge >= 0.3 is 0 Å². The first-order valence-electron chi connectivity index (χ1n) is 5.18. The van der Waals surface area contributed by atoms with Crippen LogP contribution in [0.1, 0.15) is 52.9 Å². The van der Waals surface area contributed by atoms with E-state index in [1.165, 1.54) is 19.3 Å². The smallest absolute Gasteiger partial charge is 0.0543 e. The van der Waals surface area contributed by atoms with Crippen molar-refractivity contribution in [3.05, 3.63) is 0 Å². The Morgan fingerprint density at radius 3 is 2.25 bits per heavy atom. The van der Waals surface area contributed by atoms with Crippen molar-refractivity contribution < 1.29 is 5.11 Å². The number of hydrogen-bond donors (Lipinski definition) is 1. The molecule has 0 aromatic rings. The van der Waals surface area contributed by atoms with Gasteiger partial charge < -0.3 is 5.11 Å². The lowest BCUT2D eigenvalue weighted by Crippen LogP contribution is -2.23. The topological polar surface area (TPSA) is 20.2 Å². The fraction of sp³-hybridized carbons (Fsp3) is 1.00. The van der Waals surface area contributed by atoms with Crippen LogP contribution in [0.4, 0.5) is 0 Å². The summed E-state index contributed by atoms with van der Waals surface area (Å²) in [5, 5.41) is 9.62. The van der Waals surface area contributed by atoms with Gasteiger partial charge in [0.1, 0.15) is 0 Å². The number of rotatable bonds is 0.